The summed E-state index contributed by atoms with van der Waals surface area (Å²) < 4.78 is 44.7. The van der Waals surface area contributed by atoms with E-state index in [1.807, 2.05) is 0 Å². The molecule has 7 heteroatoms. The summed E-state index contributed by atoms with van der Waals surface area (Å²) >= 11 is 0. The lowest BCUT2D eigenvalue weighted by Gasteiger charge is -2.27. The minimum absolute atomic E-state index is 0.0856. The van der Waals surface area contributed by atoms with Gasteiger partial charge in [-0.2, -0.15) is 0 Å². The summed E-state index contributed by atoms with van der Waals surface area (Å²) in [7, 11) is -2.38. The second kappa shape index (κ2) is 6.53. The average Bonchev–Trinajstić information content (AvgIpc) is 2.47. The molecule has 0 spiro atoms. The molecule has 2 rings (SSSR count). The van der Waals surface area contributed by atoms with Crippen molar-refractivity contribution in [3.63, 3.8) is 0 Å². The maximum Gasteiger partial charge on any atom is 0.308 e. The first-order valence-electron chi connectivity index (χ1n) is 6.78. The van der Waals surface area contributed by atoms with E-state index in [2.05, 4.69) is 9.46 Å². The molecule has 0 atom stereocenters. The molecular formula is C14H18FNO4S. The molecule has 1 saturated carbocycles. The number of hydrogen-bond donors (Lipinski definition) is 1. The summed E-state index contributed by atoms with van der Waals surface area (Å²) in [6.45, 7) is 0. The number of methoxy groups -OCH3 is 1. The molecule has 0 saturated heterocycles. The quantitative estimate of drug-likeness (QED) is 0.861. The monoisotopic (exact) mass is 315 g/mol. The number of benzene rings is 1. The molecule has 0 amide bonds. The Morgan fingerprint density at radius 3 is 2.52 bits per heavy atom. The lowest BCUT2D eigenvalue weighted by molar-refractivity contribution is -0.146. The van der Waals surface area contributed by atoms with Crippen molar-refractivity contribution in [3.8, 4) is 0 Å². The molecular weight excluding hydrogens is 297 g/mol. The number of nitrogens with one attached hydrogen (secondary N) is 1. The van der Waals surface area contributed by atoms with Crippen LogP contribution >= 0.6 is 0 Å². The summed E-state index contributed by atoms with van der Waals surface area (Å²) in [5.74, 6) is -1.00. The number of sulfonamides is 1. The topological polar surface area (TPSA) is 72.5 Å². The Morgan fingerprint density at radius 1 is 1.29 bits per heavy atom. The molecule has 0 bridgehead atoms. The number of rotatable bonds is 4. The van der Waals surface area contributed by atoms with Crippen LogP contribution in [0.15, 0.2) is 29.2 Å². The summed E-state index contributed by atoms with van der Waals surface area (Å²) in [5.41, 5.74) is 0. The van der Waals surface area contributed by atoms with Crippen LogP contribution in [0.5, 0.6) is 0 Å². The van der Waals surface area contributed by atoms with Gasteiger partial charge in [0.05, 0.1) is 17.9 Å². The van der Waals surface area contributed by atoms with Gasteiger partial charge in [-0.25, -0.2) is 17.5 Å². The van der Waals surface area contributed by atoms with Crippen molar-refractivity contribution in [1.29, 1.82) is 0 Å². The highest BCUT2D eigenvalue weighted by Gasteiger charge is 2.29. The normalized spacial score (nSPS) is 22.8. The molecule has 1 aromatic carbocycles. The molecule has 0 unspecified atom stereocenters. The van der Waals surface area contributed by atoms with E-state index in [4.69, 9.17) is 0 Å². The predicted octanol–water partition coefficient (Wildman–Crippen LogP) is 1.84. The molecule has 1 aliphatic carbocycles. The Labute approximate surface area is 123 Å². The van der Waals surface area contributed by atoms with Gasteiger partial charge in [-0.3, -0.25) is 4.79 Å². The fourth-order valence-electron chi connectivity index (χ4n) is 2.54. The van der Waals surface area contributed by atoms with Gasteiger partial charge in [-0.15, -0.1) is 0 Å². The van der Waals surface area contributed by atoms with Crippen molar-refractivity contribution >= 4 is 16.0 Å². The third kappa shape index (κ3) is 4.01. The van der Waals surface area contributed by atoms with Gasteiger partial charge >= 0.3 is 5.97 Å². The summed E-state index contributed by atoms with van der Waals surface area (Å²) in [6.07, 6.45) is 2.30. The number of carbonyl (C=O) groups excluding carboxylic acids is 1. The predicted molar refractivity (Wildman–Crippen MR) is 74.5 cm³/mol. The van der Waals surface area contributed by atoms with Crippen LogP contribution in [0.4, 0.5) is 4.39 Å². The highest BCUT2D eigenvalue weighted by atomic mass is 32.2. The third-order valence-electron chi connectivity index (χ3n) is 3.69. The molecule has 21 heavy (non-hydrogen) atoms. The largest absolute Gasteiger partial charge is 0.469 e. The molecule has 1 N–H and O–H groups in total. The minimum atomic E-state index is -3.73. The van der Waals surface area contributed by atoms with Crippen LogP contribution in [0, 0.1) is 11.7 Å². The van der Waals surface area contributed by atoms with Crippen molar-refractivity contribution in [3.05, 3.63) is 30.1 Å². The van der Waals surface area contributed by atoms with Crippen LogP contribution in [0.25, 0.3) is 0 Å². The van der Waals surface area contributed by atoms with Gasteiger partial charge in [0, 0.05) is 6.04 Å². The molecule has 116 valence electrons. The van der Waals surface area contributed by atoms with E-state index in [-0.39, 0.29) is 22.8 Å². The second-order valence-electron chi connectivity index (χ2n) is 5.15. The third-order valence-corrected chi connectivity index (χ3v) is 5.21. The van der Waals surface area contributed by atoms with E-state index < -0.39 is 15.8 Å². The van der Waals surface area contributed by atoms with E-state index in [0.717, 1.165) is 6.07 Å². The zero-order valence-electron chi connectivity index (χ0n) is 11.7. The van der Waals surface area contributed by atoms with Gasteiger partial charge in [0.15, 0.2) is 0 Å². The Kier molecular flexibility index (Phi) is 4.95. The van der Waals surface area contributed by atoms with E-state index in [9.17, 15) is 17.6 Å². The highest BCUT2D eigenvalue weighted by Crippen LogP contribution is 2.26. The Bertz CT molecular complexity index is 609. The first-order chi connectivity index (χ1) is 9.92. The number of esters is 1. The van der Waals surface area contributed by atoms with Crippen LogP contribution in [-0.4, -0.2) is 27.5 Å². The number of halogens is 1. The SMILES string of the molecule is COC(=O)C1CCC(NS(=O)(=O)c2cccc(F)c2)CC1. The highest BCUT2D eigenvalue weighted by molar-refractivity contribution is 7.89. The maximum absolute atomic E-state index is 13.1. The molecule has 0 aromatic heterocycles. The van der Waals surface area contributed by atoms with Gasteiger partial charge in [-0.05, 0) is 43.9 Å². The van der Waals surface area contributed by atoms with Gasteiger partial charge in [0.25, 0.3) is 0 Å². The van der Waals surface area contributed by atoms with Crippen LogP contribution in [-0.2, 0) is 19.6 Å². The van der Waals surface area contributed by atoms with E-state index in [1.54, 1.807) is 0 Å². The summed E-state index contributed by atoms with van der Waals surface area (Å²) in [4.78, 5) is 11.3. The smallest absolute Gasteiger partial charge is 0.308 e. The summed E-state index contributed by atoms with van der Waals surface area (Å²) in [6, 6.07) is 4.66. The molecule has 0 radical (unpaired) electrons. The van der Waals surface area contributed by atoms with Crippen LogP contribution in [0.2, 0.25) is 0 Å². The fraction of sp³-hybridized carbons (Fsp3) is 0.500. The van der Waals surface area contributed by atoms with Crippen LogP contribution < -0.4 is 4.72 Å². The van der Waals surface area contributed by atoms with Crippen molar-refractivity contribution in [2.45, 2.75) is 36.6 Å². The van der Waals surface area contributed by atoms with Crippen molar-refractivity contribution < 1.29 is 22.3 Å². The first kappa shape index (κ1) is 15.9. The lowest BCUT2D eigenvalue weighted by atomic mass is 9.86. The van der Waals surface area contributed by atoms with Gasteiger partial charge in [0.1, 0.15) is 5.82 Å². The van der Waals surface area contributed by atoms with Gasteiger partial charge in [-0.1, -0.05) is 6.07 Å². The minimum Gasteiger partial charge on any atom is -0.469 e. The fourth-order valence-corrected chi connectivity index (χ4v) is 3.87. The summed E-state index contributed by atoms with van der Waals surface area (Å²) in [5, 5.41) is 0. The van der Waals surface area contributed by atoms with Crippen molar-refractivity contribution in [2.75, 3.05) is 7.11 Å². The molecule has 0 aliphatic heterocycles. The zero-order chi connectivity index (χ0) is 15.5. The Hall–Kier alpha value is -1.47. The zero-order valence-corrected chi connectivity index (χ0v) is 12.5. The van der Waals surface area contributed by atoms with Crippen molar-refractivity contribution in [1.82, 2.24) is 4.72 Å². The molecule has 0 heterocycles. The van der Waals surface area contributed by atoms with Gasteiger partial charge in [0.2, 0.25) is 10.0 Å². The van der Waals surface area contributed by atoms with E-state index in [0.29, 0.717) is 25.7 Å². The molecule has 1 aromatic rings. The molecule has 5 nitrogen and oxygen atoms in total. The van der Waals surface area contributed by atoms with Crippen LogP contribution in [0.3, 0.4) is 0 Å². The maximum atomic E-state index is 13.1. The van der Waals surface area contributed by atoms with E-state index >= 15 is 0 Å². The first-order valence-corrected chi connectivity index (χ1v) is 8.26. The van der Waals surface area contributed by atoms with Crippen LogP contribution in [0.1, 0.15) is 25.7 Å². The Balaban J connectivity index is 1.98. The Morgan fingerprint density at radius 2 is 1.95 bits per heavy atom. The van der Waals surface area contributed by atoms with E-state index in [1.165, 1.54) is 25.3 Å². The standard InChI is InChI=1S/C14H18FNO4S/c1-20-14(17)10-5-7-12(8-6-10)16-21(18,19)13-4-2-3-11(15)9-13/h2-4,9-10,12,16H,5-8H2,1H3. The number of hydrogen-bond acceptors (Lipinski definition) is 4. The average molecular weight is 315 g/mol. The molecule has 1 fully saturated rings. The molecule has 1 aliphatic rings. The number of carbonyl (C=O) groups is 1. The lowest BCUT2D eigenvalue weighted by Crippen LogP contribution is -2.38. The van der Waals surface area contributed by atoms with Gasteiger partial charge < -0.3 is 4.74 Å². The number of ether oxygens (including phenoxy) is 1. The second-order valence-corrected chi connectivity index (χ2v) is 6.86. The van der Waals surface area contributed by atoms with Crippen molar-refractivity contribution in [2.24, 2.45) is 5.92 Å².